The minimum absolute atomic E-state index is 0.00660. The van der Waals surface area contributed by atoms with Gasteiger partial charge in [-0.05, 0) is 6.92 Å². The van der Waals surface area contributed by atoms with Gasteiger partial charge < -0.3 is 15.3 Å². The molecule has 1 saturated heterocycles. The smallest absolute Gasteiger partial charge is 0.326 e. The summed E-state index contributed by atoms with van der Waals surface area (Å²) in [4.78, 5) is 23.6. The summed E-state index contributed by atoms with van der Waals surface area (Å²) in [6.45, 7) is 1.74. The van der Waals surface area contributed by atoms with E-state index in [4.69, 9.17) is 5.11 Å². The molecule has 7 nitrogen and oxygen atoms in total. The summed E-state index contributed by atoms with van der Waals surface area (Å²) >= 11 is 0. The lowest BCUT2D eigenvalue weighted by atomic mass is 10.2. The van der Waals surface area contributed by atoms with Crippen molar-refractivity contribution in [3.05, 3.63) is 0 Å². The Hall–Kier alpha value is -1.15. The maximum atomic E-state index is 11.8. The molecule has 2 unspecified atom stereocenters. The van der Waals surface area contributed by atoms with Crippen LogP contribution in [0.25, 0.3) is 0 Å². The van der Waals surface area contributed by atoms with Crippen molar-refractivity contribution in [1.82, 2.24) is 10.2 Å². The van der Waals surface area contributed by atoms with E-state index >= 15 is 0 Å². The highest BCUT2D eigenvalue weighted by atomic mass is 32.2. The van der Waals surface area contributed by atoms with Crippen molar-refractivity contribution in [2.45, 2.75) is 25.4 Å². The fourth-order valence-corrected chi connectivity index (χ4v) is 3.18. The Labute approximate surface area is 106 Å². The molecular formula is C10H18N2O5S. The number of hydrogen-bond acceptors (Lipinski definition) is 5. The molecule has 104 valence electrons. The molecule has 0 saturated carbocycles. The Kier molecular flexibility index (Phi) is 4.69. The highest BCUT2D eigenvalue weighted by molar-refractivity contribution is 7.91. The number of nitrogens with one attached hydrogen (secondary N) is 1. The lowest BCUT2D eigenvalue weighted by Crippen LogP contribution is -2.49. The zero-order valence-corrected chi connectivity index (χ0v) is 11.2. The normalized spacial score (nSPS) is 24.2. The summed E-state index contributed by atoms with van der Waals surface area (Å²) in [7, 11) is -1.69. The van der Waals surface area contributed by atoms with Crippen LogP contribution in [0, 0.1) is 0 Å². The van der Waals surface area contributed by atoms with Gasteiger partial charge in [0.2, 0.25) is 5.91 Å². The molecule has 8 heteroatoms. The van der Waals surface area contributed by atoms with Crippen LogP contribution in [0.1, 0.15) is 13.3 Å². The largest absolute Gasteiger partial charge is 0.480 e. The maximum Gasteiger partial charge on any atom is 0.326 e. The minimum Gasteiger partial charge on any atom is -0.480 e. The Balaban J connectivity index is 2.57. The molecule has 0 aromatic carbocycles. The standard InChI is InChI=1S/C10H18N2O5S/c1-7(10(14)15)12(2)9(13)5-8-6-18(16,17)4-3-11-8/h7-8,11H,3-6H2,1-2H3,(H,14,15). The number of aliphatic carboxylic acids is 1. The maximum absolute atomic E-state index is 11.8. The summed E-state index contributed by atoms with van der Waals surface area (Å²) in [5.41, 5.74) is 0. The van der Waals surface area contributed by atoms with Crippen LogP contribution in [-0.2, 0) is 19.4 Å². The molecule has 1 aliphatic rings. The van der Waals surface area contributed by atoms with Gasteiger partial charge in [0.05, 0.1) is 11.5 Å². The molecule has 1 amide bonds. The van der Waals surface area contributed by atoms with Gasteiger partial charge in [0.25, 0.3) is 0 Å². The molecule has 2 N–H and O–H groups in total. The van der Waals surface area contributed by atoms with E-state index in [1.807, 2.05) is 0 Å². The molecule has 0 bridgehead atoms. The fourth-order valence-electron chi connectivity index (χ4n) is 1.73. The minimum atomic E-state index is -3.09. The first-order valence-corrected chi connectivity index (χ1v) is 7.47. The summed E-state index contributed by atoms with van der Waals surface area (Å²) < 4.78 is 22.8. The quantitative estimate of drug-likeness (QED) is 0.662. The first-order chi connectivity index (χ1) is 8.23. The first kappa shape index (κ1) is 14.9. The van der Waals surface area contributed by atoms with Crippen molar-refractivity contribution >= 4 is 21.7 Å². The lowest BCUT2D eigenvalue weighted by molar-refractivity contribution is -0.148. The number of sulfone groups is 1. The molecule has 1 heterocycles. The SMILES string of the molecule is CC(C(=O)O)N(C)C(=O)CC1CS(=O)(=O)CCN1. The van der Waals surface area contributed by atoms with E-state index in [2.05, 4.69) is 5.32 Å². The van der Waals surface area contributed by atoms with E-state index in [1.165, 1.54) is 14.0 Å². The molecule has 0 aliphatic carbocycles. The summed E-state index contributed by atoms with van der Waals surface area (Å²) in [6.07, 6.45) is -0.00660. The van der Waals surface area contributed by atoms with Gasteiger partial charge in [-0.1, -0.05) is 0 Å². The van der Waals surface area contributed by atoms with Gasteiger partial charge in [-0.3, -0.25) is 4.79 Å². The number of nitrogens with zero attached hydrogens (tertiary/aromatic N) is 1. The van der Waals surface area contributed by atoms with Crippen molar-refractivity contribution in [3.63, 3.8) is 0 Å². The zero-order chi connectivity index (χ0) is 13.9. The highest BCUT2D eigenvalue weighted by Crippen LogP contribution is 2.08. The van der Waals surface area contributed by atoms with E-state index in [9.17, 15) is 18.0 Å². The number of amides is 1. The number of carbonyl (C=O) groups excluding carboxylic acids is 1. The number of carboxylic acid groups (broad SMARTS) is 1. The molecular weight excluding hydrogens is 260 g/mol. The van der Waals surface area contributed by atoms with E-state index < -0.39 is 27.9 Å². The number of likely N-dealkylation sites (N-methyl/N-ethyl adjacent to an activating group) is 1. The van der Waals surface area contributed by atoms with Crippen LogP contribution in [0.5, 0.6) is 0 Å². The van der Waals surface area contributed by atoms with Crippen LogP contribution in [0.3, 0.4) is 0 Å². The second-order valence-electron chi connectivity index (χ2n) is 4.49. The van der Waals surface area contributed by atoms with E-state index in [0.717, 1.165) is 4.90 Å². The molecule has 18 heavy (non-hydrogen) atoms. The lowest BCUT2D eigenvalue weighted by Gasteiger charge is -2.27. The van der Waals surface area contributed by atoms with Crippen molar-refractivity contribution in [1.29, 1.82) is 0 Å². The van der Waals surface area contributed by atoms with Crippen LogP contribution in [0.4, 0.5) is 0 Å². The molecule has 1 rings (SSSR count). The molecule has 0 radical (unpaired) electrons. The predicted molar refractivity (Wildman–Crippen MR) is 64.9 cm³/mol. The Morgan fingerprint density at radius 2 is 2.11 bits per heavy atom. The van der Waals surface area contributed by atoms with Crippen molar-refractivity contribution < 1.29 is 23.1 Å². The van der Waals surface area contributed by atoms with E-state index in [-0.39, 0.29) is 23.8 Å². The Morgan fingerprint density at radius 3 is 2.61 bits per heavy atom. The van der Waals surface area contributed by atoms with E-state index in [1.54, 1.807) is 0 Å². The van der Waals surface area contributed by atoms with Gasteiger partial charge in [0.15, 0.2) is 9.84 Å². The third kappa shape index (κ3) is 3.95. The monoisotopic (exact) mass is 278 g/mol. The van der Waals surface area contributed by atoms with Crippen LogP contribution in [0.15, 0.2) is 0 Å². The average Bonchev–Trinajstić information content (AvgIpc) is 2.25. The summed E-state index contributed by atoms with van der Waals surface area (Å²) in [5, 5.41) is 11.7. The van der Waals surface area contributed by atoms with Gasteiger partial charge in [0.1, 0.15) is 6.04 Å². The third-order valence-corrected chi connectivity index (χ3v) is 4.79. The number of rotatable bonds is 4. The topological polar surface area (TPSA) is 104 Å². The van der Waals surface area contributed by atoms with Gasteiger partial charge in [-0.25, -0.2) is 13.2 Å². The Morgan fingerprint density at radius 1 is 1.50 bits per heavy atom. The van der Waals surface area contributed by atoms with Crippen molar-refractivity contribution in [2.24, 2.45) is 0 Å². The van der Waals surface area contributed by atoms with Gasteiger partial charge in [0, 0.05) is 26.1 Å². The van der Waals surface area contributed by atoms with Crippen molar-refractivity contribution in [3.8, 4) is 0 Å². The van der Waals surface area contributed by atoms with Gasteiger partial charge >= 0.3 is 5.97 Å². The number of carboxylic acids is 1. The van der Waals surface area contributed by atoms with Gasteiger partial charge in [-0.2, -0.15) is 0 Å². The third-order valence-electron chi connectivity index (χ3n) is 3.05. The van der Waals surface area contributed by atoms with Crippen LogP contribution in [-0.4, -0.2) is 67.5 Å². The van der Waals surface area contributed by atoms with Crippen LogP contribution < -0.4 is 5.32 Å². The summed E-state index contributed by atoms with van der Waals surface area (Å²) in [6, 6.07) is -1.35. The average molecular weight is 278 g/mol. The molecule has 0 aromatic rings. The van der Waals surface area contributed by atoms with Crippen LogP contribution in [0.2, 0.25) is 0 Å². The highest BCUT2D eigenvalue weighted by Gasteiger charge is 2.29. The first-order valence-electron chi connectivity index (χ1n) is 5.65. The van der Waals surface area contributed by atoms with Crippen molar-refractivity contribution in [2.75, 3.05) is 25.1 Å². The number of carbonyl (C=O) groups is 2. The summed E-state index contributed by atoms with van der Waals surface area (Å²) in [5.74, 6) is -1.46. The molecule has 1 fully saturated rings. The zero-order valence-electron chi connectivity index (χ0n) is 10.4. The fraction of sp³-hybridized carbons (Fsp3) is 0.800. The Bertz CT molecular complexity index is 434. The molecule has 0 aromatic heterocycles. The molecule has 2 atom stereocenters. The molecule has 0 spiro atoms. The molecule has 1 aliphatic heterocycles. The number of hydrogen-bond donors (Lipinski definition) is 2. The second kappa shape index (κ2) is 5.66. The predicted octanol–water partition coefficient (Wildman–Crippen LogP) is -1.31. The van der Waals surface area contributed by atoms with E-state index in [0.29, 0.717) is 6.54 Å². The van der Waals surface area contributed by atoms with Gasteiger partial charge in [-0.15, -0.1) is 0 Å². The second-order valence-corrected chi connectivity index (χ2v) is 6.72. The van der Waals surface area contributed by atoms with Crippen LogP contribution >= 0.6 is 0 Å².